The molecule has 5 heteroatoms. The summed E-state index contributed by atoms with van der Waals surface area (Å²) in [6.45, 7) is 5.56. The lowest BCUT2D eigenvalue weighted by Gasteiger charge is -2.18. The van der Waals surface area contributed by atoms with Gasteiger partial charge in [0.15, 0.2) is 5.82 Å². The van der Waals surface area contributed by atoms with Crippen LogP contribution in [0.15, 0.2) is 4.52 Å². The van der Waals surface area contributed by atoms with E-state index in [1.165, 1.54) is 0 Å². The standard InChI is InChI=1S/C13H20N2O3/c1-9(2)7-11(16)8-12-14-13(15-18-12)10-3-5-17-6-4-10/h9-10H,3-8H2,1-2H3. The van der Waals surface area contributed by atoms with E-state index in [4.69, 9.17) is 9.26 Å². The Labute approximate surface area is 107 Å². The molecule has 0 radical (unpaired) electrons. The first-order chi connectivity index (χ1) is 8.65. The number of rotatable bonds is 5. The van der Waals surface area contributed by atoms with E-state index < -0.39 is 0 Å². The summed E-state index contributed by atoms with van der Waals surface area (Å²) in [5.41, 5.74) is 0. The average molecular weight is 252 g/mol. The fraction of sp³-hybridized carbons (Fsp3) is 0.769. The average Bonchev–Trinajstić information content (AvgIpc) is 2.77. The van der Waals surface area contributed by atoms with E-state index in [1.807, 2.05) is 13.8 Å². The van der Waals surface area contributed by atoms with Gasteiger partial charge in [-0.2, -0.15) is 4.98 Å². The predicted octanol–water partition coefficient (Wildman–Crippen LogP) is 2.12. The molecule has 100 valence electrons. The Hall–Kier alpha value is -1.23. The lowest BCUT2D eigenvalue weighted by Crippen LogP contribution is -2.15. The zero-order valence-corrected chi connectivity index (χ0v) is 11.0. The fourth-order valence-corrected chi connectivity index (χ4v) is 2.16. The molecule has 0 bridgehead atoms. The molecule has 0 spiro atoms. The number of hydrogen-bond acceptors (Lipinski definition) is 5. The smallest absolute Gasteiger partial charge is 0.234 e. The van der Waals surface area contributed by atoms with Crippen molar-refractivity contribution >= 4 is 5.78 Å². The molecular formula is C13H20N2O3. The highest BCUT2D eigenvalue weighted by atomic mass is 16.5. The van der Waals surface area contributed by atoms with Crippen LogP contribution < -0.4 is 0 Å². The van der Waals surface area contributed by atoms with E-state index in [0.717, 1.165) is 31.9 Å². The van der Waals surface area contributed by atoms with Crippen LogP contribution >= 0.6 is 0 Å². The Morgan fingerprint density at radius 2 is 2.11 bits per heavy atom. The normalized spacial score (nSPS) is 17.3. The molecule has 1 aromatic heterocycles. The van der Waals surface area contributed by atoms with Gasteiger partial charge in [0.2, 0.25) is 5.89 Å². The van der Waals surface area contributed by atoms with Crippen molar-refractivity contribution in [1.29, 1.82) is 0 Å². The van der Waals surface area contributed by atoms with Crippen LogP contribution in [0.5, 0.6) is 0 Å². The molecule has 0 saturated carbocycles. The van der Waals surface area contributed by atoms with E-state index in [1.54, 1.807) is 0 Å². The Balaban J connectivity index is 1.91. The van der Waals surface area contributed by atoms with Crippen LogP contribution in [0.1, 0.15) is 50.7 Å². The van der Waals surface area contributed by atoms with E-state index in [0.29, 0.717) is 24.1 Å². The van der Waals surface area contributed by atoms with Crippen molar-refractivity contribution in [2.45, 2.75) is 45.4 Å². The topological polar surface area (TPSA) is 65.2 Å². The Morgan fingerprint density at radius 3 is 2.78 bits per heavy atom. The van der Waals surface area contributed by atoms with Crippen LogP contribution in [0.4, 0.5) is 0 Å². The summed E-state index contributed by atoms with van der Waals surface area (Å²) < 4.78 is 10.4. The second-order valence-corrected chi connectivity index (χ2v) is 5.25. The van der Waals surface area contributed by atoms with Gasteiger partial charge in [-0.15, -0.1) is 0 Å². The maximum Gasteiger partial charge on any atom is 0.234 e. The Bertz CT molecular complexity index is 395. The van der Waals surface area contributed by atoms with Crippen molar-refractivity contribution in [2.75, 3.05) is 13.2 Å². The molecule has 1 aromatic rings. The molecular weight excluding hydrogens is 232 g/mol. The molecule has 0 unspecified atom stereocenters. The summed E-state index contributed by atoms with van der Waals surface area (Å²) in [5, 5.41) is 3.98. The zero-order chi connectivity index (χ0) is 13.0. The molecule has 1 aliphatic heterocycles. The van der Waals surface area contributed by atoms with Crippen LogP contribution in [0.25, 0.3) is 0 Å². The summed E-state index contributed by atoms with van der Waals surface area (Å²) in [7, 11) is 0. The second kappa shape index (κ2) is 6.09. The van der Waals surface area contributed by atoms with Crippen LogP contribution in [-0.2, 0) is 16.0 Å². The SMILES string of the molecule is CC(C)CC(=O)Cc1nc(C2CCOCC2)no1. The summed E-state index contributed by atoms with van der Waals surface area (Å²) >= 11 is 0. The van der Waals surface area contributed by atoms with Crippen molar-refractivity contribution in [2.24, 2.45) is 5.92 Å². The first kappa shape index (κ1) is 13.2. The van der Waals surface area contributed by atoms with Crippen molar-refractivity contribution in [3.63, 3.8) is 0 Å². The number of carbonyl (C=O) groups is 1. The first-order valence-corrected chi connectivity index (χ1v) is 6.57. The van der Waals surface area contributed by atoms with Gasteiger partial charge in [-0.1, -0.05) is 19.0 Å². The number of aromatic nitrogens is 2. The maximum absolute atomic E-state index is 11.7. The lowest BCUT2D eigenvalue weighted by molar-refractivity contribution is -0.119. The van der Waals surface area contributed by atoms with Crippen LogP contribution in [0.3, 0.4) is 0 Å². The molecule has 0 aromatic carbocycles. The maximum atomic E-state index is 11.7. The molecule has 1 fully saturated rings. The minimum Gasteiger partial charge on any atom is -0.381 e. The molecule has 1 aliphatic rings. The third-order valence-corrected chi connectivity index (χ3v) is 3.05. The quantitative estimate of drug-likeness (QED) is 0.803. The van der Waals surface area contributed by atoms with Gasteiger partial charge >= 0.3 is 0 Å². The zero-order valence-electron chi connectivity index (χ0n) is 11.0. The molecule has 18 heavy (non-hydrogen) atoms. The van der Waals surface area contributed by atoms with Gasteiger partial charge in [-0.25, -0.2) is 0 Å². The Kier molecular flexibility index (Phi) is 4.47. The highest BCUT2D eigenvalue weighted by Gasteiger charge is 2.22. The van der Waals surface area contributed by atoms with Crippen molar-refractivity contribution in [3.05, 3.63) is 11.7 Å². The molecule has 0 N–H and O–H groups in total. The molecule has 0 aliphatic carbocycles. The minimum atomic E-state index is 0.159. The number of hydrogen-bond donors (Lipinski definition) is 0. The fourth-order valence-electron chi connectivity index (χ4n) is 2.16. The van der Waals surface area contributed by atoms with Crippen LogP contribution in [-0.4, -0.2) is 29.1 Å². The van der Waals surface area contributed by atoms with E-state index in [9.17, 15) is 4.79 Å². The monoisotopic (exact) mass is 252 g/mol. The summed E-state index contributed by atoms with van der Waals surface area (Å²) in [4.78, 5) is 16.0. The van der Waals surface area contributed by atoms with Crippen molar-refractivity contribution in [1.82, 2.24) is 10.1 Å². The number of ether oxygens (including phenoxy) is 1. The van der Waals surface area contributed by atoms with Gasteiger partial charge in [-0.3, -0.25) is 4.79 Å². The molecule has 2 heterocycles. The highest BCUT2D eigenvalue weighted by molar-refractivity contribution is 5.80. The second-order valence-electron chi connectivity index (χ2n) is 5.25. The summed E-state index contributed by atoms with van der Waals surface area (Å²) in [6, 6.07) is 0. The molecule has 2 rings (SSSR count). The lowest BCUT2D eigenvalue weighted by atomic mass is 10.00. The third kappa shape index (κ3) is 3.63. The molecule has 0 atom stereocenters. The van der Waals surface area contributed by atoms with Gasteiger partial charge in [0.25, 0.3) is 0 Å². The van der Waals surface area contributed by atoms with Gasteiger partial charge in [0, 0.05) is 25.6 Å². The van der Waals surface area contributed by atoms with E-state index in [2.05, 4.69) is 10.1 Å². The van der Waals surface area contributed by atoms with Crippen LogP contribution in [0, 0.1) is 5.92 Å². The summed E-state index contributed by atoms with van der Waals surface area (Å²) in [5.74, 6) is 2.02. The van der Waals surface area contributed by atoms with Gasteiger partial charge in [-0.05, 0) is 18.8 Å². The number of carbonyl (C=O) groups excluding carboxylic acids is 1. The number of nitrogens with zero attached hydrogens (tertiary/aromatic N) is 2. The molecule has 0 amide bonds. The highest BCUT2D eigenvalue weighted by Crippen LogP contribution is 2.24. The summed E-state index contributed by atoms with van der Waals surface area (Å²) in [6.07, 6.45) is 2.68. The number of ketones is 1. The van der Waals surface area contributed by atoms with Crippen LogP contribution in [0.2, 0.25) is 0 Å². The largest absolute Gasteiger partial charge is 0.381 e. The van der Waals surface area contributed by atoms with E-state index in [-0.39, 0.29) is 12.2 Å². The Morgan fingerprint density at radius 1 is 1.39 bits per heavy atom. The van der Waals surface area contributed by atoms with Gasteiger partial charge in [0.05, 0.1) is 6.42 Å². The number of Topliss-reactive ketones (excluding diaryl/α,β-unsaturated/α-hetero) is 1. The minimum absolute atomic E-state index is 0.159. The van der Waals surface area contributed by atoms with Crippen molar-refractivity contribution < 1.29 is 14.1 Å². The predicted molar refractivity (Wildman–Crippen MR) is 65.3 cm³/mol. The van der Waals surface area contributed by atoms with E-state index >= 15 is 0 Å². The van der Waals surface area contributed by atoms with Gasteiger partial charge < -0.3 is 9.26 Å². The third-order valence-electron chi connectivity index (χ3n) is 3.05. The molecule has 1 saturated heterocycles. The van der Waals surface area contributed by atoms with Gasteiger partial charge in [0.1, 0.15) is 5.78 Å². The molecule has 5 nitrogen and oxygen atoms in total. The van der Waals surface area contributed by atoms with Crippen molar-refractivity contribution in [3.8, 4) is 0 Å². The first-order valence-electron chi connectivity index (χ1n) is 6.57.